The first kappa shape index (κ1) is 22.8. The van der Waals surface area contributed by atoms with E-state index in [0.29, 0.717) is 41.4 Å². The summed E-state index contributed by atoms with van der Waals surface area (Å²) in [6.07, 6.45) is 13.8. The lowest BCUT2D eigenvalue weighted by atomic mass is 9.43. The Labute approximate surface area is 185 Å². The molecule has 0 aromatic carbocycles. The van der Waals surface area contributed by atoms with Gasteiger partial charge in [-0.15, -0.1) is 0 Å². The molecule has 0 aromatic heterocycles. The fraction of sp³-hybridized carbons (Fsp3) is 0.929. The Balaban J connectivity index is 1.53. The van der Waals surface area contributed by atoms with Crippen LogP contribution in [-0.4, -0.2) is 22.4 Å². The molecule has 0 aliphatic heterocycles. The molecule has 0 spiro atoms. The zero-order valence-corrected chi connectivity index (χ0v) is 20.5. The maximum Gasteiger partial charge on any atom is 0.0623 e. The maximum atomic E-state index is 11.1. The molecule has 4 aliphatic carbocycles. The first-order chi connectivity index (χ1) is 14.1. The van der Waals surface area contributed by atoms with Gasteiger partial charge in [-0.05, 0) is 110 Å². The van der Waals surface area contributed by atoms with E-state index in [-0.39, 0.29) is 17.6 Å². The van der Waals surface area contributed by atoms with Crippen LogP contribution in [0, 0.1) is 58.2 Å². The molecular weight excluding hydrogens is 368 g/mol. The Bertz CT molecular complexity index is 641. The molecule has 11 atom stereocenters. The standard InChI is InChI=1S/C28H48O2/c1-17(2)18(3)7-8-19(4)23-11-12-24-22-10-9-20-15-21(29)16-26(30)28(20,6)25(22)13-14-27(23,24)5/h7-8,17-26,29-30H,9-16H2,1-6H3/b8-7+/t18-,19+,20?,21-,22?,23?,24?,25?,26-,27+,28-/m0/s1. The van der Waals surface area contributed by atoms with E-state index < -0.39 is 0 Å². The lowest BCUT2D eigenvalue weighted by Gasteiger charge is -2.62. The second-order valence-corrected chi connectivity index (χ2v) is 12.7. The van der Waals surface area contributed by atoms with Crippen molar-refractivity contribution in [2.75, 3.05) is 0 Å². The van der Waals surface area contributed by atoms with E-state index in [0.717, 1.165) is 24.2 Å². The van der Waals surface area contributed by atoms with Gasteiger partial charge < -0.3 is 10.2 Å². The topological polar surface area (TPSA) is 40.5 Å². The zero-order valence-electron chi connectivity index (χ0n) is 20.5. The molecule has 172 valence electrons. The maximum absolute atomic E-state index is 11.1. The fourth-order valence-electron chi connectivity index (χ4n) is 8.91. The van der Waals surface area contributed by atoms with E-state index in [1.54, 1.807) is 0 Å². The summed E-state index contributed by atoms with van der Waals surface area (Å²) in [6, 6.07) is 0. The Kier molecular flexibility index (Phi) is 6.26. The third kappa shape index (κ3) is 3.53. The number of rotatable bonds is 4. The number of aliphatic hydroxyl groups excluding tert-OH is 2. The fourth-order valence-corrected chi connectivity index (χ4v) is 8.91. The average Bonchev–Trinajstić information content (AvgIpc) is 3.04. The van der Waals surface area contributed by atoms with Gasteiger partial charge >= 0.3 is 0 Å². The highest BCUT2D eigenvalue weighted by Crippen LogP contribution is 2.68. The van der Waals surface area contributed by atoms with Crippen LogP contribution in [0.2, 0.25) is 0 Å². The average molecular weight is 417 g/mol. The van der Waals surface area contributed by atoms with Crippen LogP contribution in [0.1, 0.15) is 92.9 Å². The molecule has 30 heavy (non-hydrogen) atoms. The molecule has 0 radical (unpaired) electrons. The summed E-state index contributed by atoms with van der Waals surface area (Å²) in [5, 5.41) is 21.4. The van der Waals surface area contributed by atoms with Gasteiger partial charge in [-0.1, -0.05) is 53.7 Å². The summed E-state index contributed by atoms with van der Waals surface area (Å²) in [7, 11) is 0. The van der Waals surface area contributed by atoms with E-state index in [2.05, 4.69) is 53.7 Å². The minimum Gasteiger partial charge on any atom is -0.393 e. The summed E-state index contributed by atoms with van der Waals surface area (Å²) in [5.74, 6) is 5.63. The molecule has 4 fully saturated rings. The van der Waals surface area contributed by atoms with Crippen molar-refractivity contribution in [1.29, 1.82) is 0 Å². The third-order valence-corrected chi connectivity index (χ3v) is 11.2. The normalized spacial score (nSPS) is 50.8. The zero-order chi connectivity index (χ0) is 21.8. The second-order valence-electron chi connectivity index (χ2n) is 12.7. The third-order valence-electron chi connectivity index (χ3n) is 11.2. The largest absolute Gasteiger partial charge is 0.393 e. The van der Waals surface area contributed by atoms with Gasteiger partial charge in [-0.3, -0.25) is 0 Å². The van der Waals surface area contributed by atoms with E-state index in [1.165, 1.54) is 38.5 Å². The molecule has 0 amide bonds. The Hall–Kier alpha value is -0.340. The Morgan fingerprint density at radius 3 is 2.27 bits per heavy atom. The summed E-state index contributed by atoms with van der Waals surface area (Å²) >= 11 is 0. The van der Waals surface area contributed by atoms with Crippen molar-refractivity contribution in [3.63, 3.8) is 0 Å². The minimum atomic E-state index is -0.319. The highest BCUT2D eigenvalue weighted by atomic mass is 16.3. The quantitative estimate of drug-likeness (QED) is 0.516. The Morgan fingerprint density at radius 2 is 1.57 bits per heavy atom. The van der Waals surface area contributed by atoms with Crippen molar-refractivity contribution >= 4 is 0 Å². The summed E-state index contributed by atoms with van der Waals surface area (Å²) in [4.78, 5) is 0. The van der Waals surface area contributed by atoms with E-state index in [1.807, 2.05) is 0 Å². The van der Waals surface area contributed by atoms with E-state index >= 15 is 0 Å². The van der Waals surface area contributed by atoms with Gasteiger partial charge in [0.25, 0.3) is 0 Å². The van der Waals surface area contributed by atoms with Crippen LogP contribution in [0.5, 0.6) is 0 Å². The number of aliphatic hydroxyl groups is 2. The molecule has 0 aromatic rings. The molecule has 0 saturated heterocycles. The van der Waals surface area contributed by atoms with E-state index in [4.69, 9.17) is 0 Å². The minimum absolute atomic E-state index is 0.0276. The van der Waals surface area contributed by atoms with Crippen LogP contribution < -0.4 is 0 Å². The molecule has 2 heteroatoms. The monoisotopic (exact) mass is 416 g/mol. The number of hydrogen-bond acceptors (Lipinski definition) is 2. The van der Waals surface area contributed by atoms with Crippen LogP contribution in [-0.2, 0) is 0 Å². The predicted molar refractivity (Wildman–Crippen MR) is 125 cm³/mol. The van der Waals surface area contributed by atoms with Gasteiger partial charge in [0.05, 0.1) is 12.2 Å². The van der Waals surface area contributed by atoms with Crippen molar-refractivity contribution in [3.05, 3.63) is 12.2 Å². The van der Waals surface area contributed by atoms with Gasteiger partial charge in [0.1, 0.15) is 0 Å². The molecule has 0 bridgehead atoms. The van der Waals surface area contributed by atoms with Gasteiger partial charge in [0.2, 0.25) is 0 Å². The second kappa shape index (κ2) is 8.22. The van der Waals surface area contributed by atoms with Gasteiger partial charge in [-0.2, -0.15) is 0 Å². The number of hydrogen-bond donors (Lipinski definition) is 2. The number of fused-ring (bicyclic) bond motifs is 5. The predicted octanol–water partition coefficient (Wildman–Crippen LogP) is 6.46. The summed E-state index contributed by atoms with van der Waals surface area (Å²) < 4.78 is 0. The Morgan fingerprint density at radius 1 is 0.833 bits per heavy atom. The molecule has 5 unspecified atom stereocenters. The van der Waals surface area contributed by atoms with Crippen molar-refractivity contribution in [2.24, 2.45) is 58.2 Å². The molecule has 4 saturated carbocycles. The van der Waals surface area contributed by atoms with Crippen LogP contribution in [0.4, 0.5) is 0 Å². The molecule has 4 rings (SSSR count). The van der Waals surface area contributed by atoms with Crippen molar-refractivity contribution in [3.8, 4) is 0 Å². The van der Waals surface area contributed by atoms with Crippen LogP contribution in [0.3, 0.4) is 0 Å². The van der Waals surface area contributed by atoms with Crippen molar-refractivity contribution in [2.45, 2.75) is 105 Å². The van der Waals surface area contributed by atoms with Gasteiger partial charge in [0.15, 0.2) is 0 Å². The van der Waals surface area contributed by atoms with Crippen LogP contribution in [0.15, 0.2) is 12.2 Å². The van der Waals surface area contributed by atoms with Crippen molar-refractivity contribution < 1.29 is 10.2 Å². The SMILES string of the molecule is CC(C)[C@@H](C)/C=C/[C@@H](C)C1CCC2C3CCC4C[C@H](O)C[C@H](O)[C@]4(C)C3CC[C@@]21C. The van der Waals surface area contributed by atoms with Gasteiger partial charge in [0, 0.05) is 0 Å². The van der Waals surface area contributed by atoms with E-state index in [9.17, 15) is 10.2 Å². The van der Waals surface area contributed by atoms with Gasteiger partial charge in [-0.25, -0.2) is 0 Å². The first-order valence-corrected chi connectivity index (χ1v) is 13.1. The number of allylic oxidation sites excluding steroid dienone is 2. The molecule has 4 aliphatic rings. The molecular formula is C28H48O2. The van der Waals surface area contributed by atoms with Crippen LogP contribution >= 0.6 is 0 Å². The van der Waals surface area contributed by atoms with Crippen molar-refractivity contribution in [1.82, 2.24) is 0 Å². The molecule has 0 heterocycles. The highest BCUT2D eigenvalue weighted by molar-refractivity contribution is 5.12. The molecule has 2 nitrogen and oxygen atoms in total. The lowest BCUT2D eigenvalue weighted by molar-refractivity contribution is -0.181. The smallest absolute Gasteiger partial charge is 0.0623 e. The molecule has 2 N–H and O–H groups in total. The summed E-state index contributed by atoms with van der Waals surface area (Å²) in [6.45, 7) is 14.5. The highest BCUT2D eigenvalue weighted by Gasteiger charge is 2.62. The first-order valence-electron chi connectivity index (χ1n) is 13.1. The summed E-state index contributed by atoms with van der Waals surface area (Å²) in [5.41, 5.74) is 0.494. The lowest BCUT2D eigenvalue weighted by Crippen LogP contribution is -2.59. The van der Waals surface area contributed by atoms with Crippen LogP contribution in [0.25, 0.3) is 0 Å².